The topological polar surface area (TPSA) is 51.2 Å². The molecule has 0 unspecified atom stereocenters. The van der Waals surface area contributed by atoms with E-state index >= 15 is 0 Å². The Morgan fingerprint density at radius 3 is 2.75 bits per heavy atom. The molecule has 0 aliphatic rings. The molecule has 2 aromatic rings. The highest BCUT2D eigenvalue weighted by atomic mass is 19.1. The number of aryl methyl sites for hydroxylation is 1. The zero-order valence-corrected chi connectivity index (χ0v) is 11.3. The predicted molar refractivity (Wildman–Crippen MR) is 74.6 cm³/mol. The van der Waals surface area contributed by atoms with E-state index in [0.717, 1.165) is 11.3 Å². The standard InChI is InChI=1S/C15H15FN2O2/c1-3-20-15(19)11-4-7-14(17-9-11)18-13-6-5-12(16)8-10(13)2/h4-9H,3H2,1-2H3,(H,17,18). The summed E-state index contributed by atoms with van der Waals surface area (Å²) in [6.45, 7) is 3.88. The van der Waals surface area contributed by atoms with Crippen LogP contribution in [-0.4, -0.2) is 17.6 Å². The molecule has 0 atom stereocenters. The molecule has 0 radical (unpaired) electrons. The molecule has 0 fully saturated rings. The van der Waals surface area contributed by atoms with Crippen LogP contribution in [0.1, 0.15) is 22.8 Å². The number of rotatable bonds is 4. The van der Waals surface area contributed by atoms with Crippen LogP contribution in [0.15, 0.2) is 36.5 Å². The van der Waals surface area contributed by atoms with Gasteiger partial charge in [0.1, 0.15) is 11.6 Å². The van der Waals surface area contributed by atoms with Gasteiger partial charge in [0.15, 0.2) is 0 Å². The van der Waals surface area contributed by atoms with E-state index in [1.807, 2.05) is 0 Å². The van der Waals surface area contributed by atoms with Gasteiger partial charge < -0.3 is 10.1 Å². The lowest BCUT2D eigenvalue weighted by Crippen LogP contribution is -2.05. The number of hydrogen-bond acceptors (Lipinski definition) is 4. The van der Waals surface area contributed by atoms with E-state index in [0.29, 0.717) is 18.0 Å². The van der Waals surface area contributed by atoms with Gasteiger partial charge in [-0.2, -0.15) is 0 Å². The van der Waals surface area contributed by atoms with Crippen molar-refractivity contribution in [1.82, 2.24) is 4.98 Å². The number of esters is 1. The van der Waals surface area contributed by atoms with Crippen molar-refractivity contribution in [2.75, 3.05) is 11.9 Å². The fraction of sp³-hybridized carbons (Fsp3) is 0.200. The lowest BCUT2D eigenvalue weighted by molar-refractivity contribution is 0.0526. The van der Waals surface area contributed by atoms with Crippen LogP contribution in [0.2, 0.25) is 0 Å². The fourth-order valence-corrected chi connectivity index (χ4v) is 1.71. The molecule has 1 aromatic carbocycles. The van der Waals surface area contributed by atoms with Crippen LogP contribution < -0.4 is 5.32 Å². The van der Waals surface area contributed by atoms with E-state index in [2.05, 4.69) is 10.3 Å². The summed E-state index contributed by atoms with van der Waals surface area (Å²) in [6, 6.07) is 7.77. The second-order valence-corrected chi connectivity index (χ2v) is 4.24. The molecule has 1 aromatic heterocycles. The molecule has 0 spiro atoms. The van der Waals surface area contributed by atoms with Gasteiger partial charge in [-0.3, -0.25) is 0 Å². The van der Waals surface area contributed by atoms with Crippen LogP contribution in [0, 0.1) is 12.7 Å². The Labute approximate surface area is 116 Å². The first kappa shape index (κ1) is 14.0. The maximum atomic E-state index is 13.0. The van der Waals surface area contributed by atoms with E-state index in [1.165, 1.54) is 18.3 Å². The van der Waals surface area contributed by atoms with Crippen LogP contribution in [0.25, 0.3) is 0 Å². The number of carbonyl (C=O) groups excluding carboxylic acids is 1. The number of nitrogens with one attached hydrogen (secondary N) is 1. The highest BCUT2D eigenvalue weighted by molar-refractivity contribution is 5.89. The first-order valence-corrected chi connectivity index (χ1v) is 6.26. The van der Waals surface area contributed by atoms with Crippen LogP contribution in [-0.2, 0) is 4.74 Å². The number of hydrogen-bond donors (Lipinski definition) is 1. The molecular weight excluding hydrogens is 259 g/mol. The smallest absolute Gasteiger partial charge is 0.339 e. The number of carbonyl (C=O) groups is 1. The summed E-state index contributed by atoms with van der Waals surface area (Å²) >= 11 is 0. The van der Waals surface area contributed by atoms with Crippen molar-refractivity contribution in [2.45, 2.75) is 13.8 Å². The molecule has 1 N–H and O–H groups in total. The van der Waals surface area contributed by atoms with Gasteiger partial charge in [0.05, 0.1) is 12.2 Å². The molecule has 0 amide bonds. The largest absolute Gasteiger partial charge is 0.462 e. The highest BCUT2D eigenvalue weighted by Crippen LogP contribution is 2.20. The summed E-state index contributed by atoms with van der Waals surface area (Å²) in [4.78, 5) is 15.6. The molecule has 0 bridgehead atoms. The van der Waals surface area contributed by atoms with E-state index in [4.69, 9.17) is 4.74 Å². The maximum Gasteiger partial charge on any atom is 0.339 e. The van der Waals surface area contributed by atoms with Gasteiger partial charge in [0, 0.05) is 11.9 Å². The Kier molecular flexibility index (Phi) is 4.30. The van der Waals surface area contributed by atoms with Crippen molar-refractivity contribution < 1.29 is 13.9 Å². The quantitative estimate of drug-likeness (QED) is 0.868. The average Bonchev–Trinajstić information content (AvgIpc) is 2.43. The lowest BCUT2D eigenvalue weighted by atomic mass is 10.2. The van der Waals surface area contributed by atoms with Crippen molar-refractivity contribution >= 4 is 17.5 Å². The molecule has 0 aliphatic carbocycles. The minimum Gasteiger partial charge on any atom is -0.462 e. The maximum absolute atomic E-state index is 13.0. The van der Waals surface area contributed by atoms with Crippen LogP contribution >= 0.6 is 0 Å². The van der Waals surface area contributed by atoms with Gasteiger partial charge in [-0.05, 0) is 49.7 Å². The lowest BCUT2D eigenvalue weighted by Gasteiger charge is -2.09. The molecule has 20 heavy (non-hydrogen) atoms. The van der Waals surface area contributed by atoms with E-state index in [1.54, 1.807) is 32.0 Å². The van der Waals surface area contributed by atoms with Crippen molar-refractivity contribution in [1.29, 1.82) is 0 Å². The fourth-order valence-electron chi connectivity index (χ4n) is 1.71. The number of anilines is 2. The minimum absolute atomic E-state index is 0.279. The molecule has 1 heterocycles. The van der Waals surface area contributed by atoms with Gasteiger partial charge in [0.2, 0.25) is 0 Å². The van der Waals surface area contributed by atoms with Gasteiger partial charge in [0.25, 0.3) is 0 Å². The molecule has 5 heteroatoms. The summed E-state index contributed by atoms with van der Waals surface area (Å²) in [5.74, 6) is -0.101. The summed E-state index contributed by atoms with van der Waals surface area (Å²) in [7, 11) is 0. The monoisotopic (exact) mass is 274 g/mol. The second kappa shape index (κ2) is 6.14. The van der Waals surface area contributed by atoms with E-state index in [-0.39, 0.29) is 5.82 Å². The van der Waals surface area contributed by atoms with Gasteiger partial charge in [-0.25, -0.2) is 14.2 Å². The molecule has 104 valence electrons. The molecule has 0 saturated heterocycles. The van der Waals surface area contributed by atoms with Crippen molar-refractivity contribution in [3.05, 3.63) is 53.5 Å². The van der Waals surface area contributed by atoms with Gasteiger partial charge in [-0.15, -0.1) is 0 Å². The number of pyridine rings is 1. The minimum atomic E-state index is -0.399. The molecule has 4 nitrogen and oxygen atoms in total. The Balaban J connectivity index is 2.12. The number of ether oxygens (including phenoxy) is 1. The Morgan fingerprint density at radius 1 is 1.35 bits per heavy atom. The number of aromatic nitrogens is 1. The van der Waals surface area contributed by atoms with Crippen LogP contribution in [0.3, 0.4) is 0 Å². The van der Waals surface area contributed by atoms with Gasteiger partial charge >= 0.3 is 5.97 Å². The first-order valence-electron chi connectivity index (χ1n) is 6.26. The summed E-state index contributed by atoms with van der Waals surface area (Å²) in [5, 5.41) is 3.07. The third-order valence-electron chi connectivity index (χ3n) is 2.73. The highest BCUT2D eigenvalue weighted by Gasteiger charge is 2.07. The Morgan fingerprint density at radius 2 is 2.15 bits per heavy atom. The van der Waals surface area contributed by atoms with E-state index < -0.39 is 5.97 Å². The summed E-state index contributed by atoms with van der Waals surface area (Å²) < 4.78 is 17.9. The zero-order chi connectivity index (χ0) is 14.5. The normalized spacial score (nSPS) is 10.2. The van der Waals surface area contributed by atoms with Crippen molar-refractivity contribution in [3.8, 4) is 0 Å². The number of benzene rings is 1. The summed E-state index contributed by atoms with van der Waals surface area (Å²) in [6.07, 6.45) is 1.44. The zero-order valence-electron chi connectivity index (χ0n) is 11.3. The van der Waals surface area contributed by atoms with Crippen LogP contribution in [0.4, 0.5) is 15.9 Å². The SMILES string of the molecule is CCOC(=O)c1ccc(Nc2ccc(F)cc2C)nc1. The Bertz CT molecular complexity index is 612. The van der Waals surface area contributed by atoms with Crippen molar-refractivity contribution in [3.63, 3.8) is 0 Å². The predicted octanol–water partition coefficient (Wildman–Crippen LogP) is 3.45. The molecule has 0 saturated carbocycles. The average molecular weight is 274 g/mol. The third kappa shape index (κ3) is 3.32. The van der Waals surface area contributed by atoms with Crippen LogP contribution in [0.5, 0.6) is 0 Å². The summed E-state index contributed by atoms with van der Waals surface area (Å²) in [5.41, 5.74) is 1.94. The number of nitrogens with zero attached hydrogens (tertiary/aromatic N) is 1. The Hall–Kier alpha value is -2.43. The third-order valence-corrected chi connectivity index (χ3v) is 2.73. The molecular formula is C15H15FN2O2. The van der Waals surface area contributed by atoms with E-state index in [9.17, 15) is 9.18 Å². The molecule has 0 aliphatic heterocycles. The molecule has 2 rings (SSSR count). The first-order chi connectivity index (χ1) is 9.60. The number of halogens is 1. The van der Waals surface area contributed by atoms with Gasteiger partial charge in [-0.1, -0.05) is 0 Å². The van der Waals surface area contributed by atoms with Crippen molar-refractivity contribution in [2.24, 2.45) is 0 Å². The second-order valence-electron chi connectivity index (χ2n) is 4.24.